The second-order valence-electron chi connectivity index (χ2n) is 1.91. The zero-order valence-corrected chi connectivity index (χ0v) is 5.92. The lowest BCUT2D eigenvalue weighted by Crippen LogP contribution is -2.43. The van der Waals surface area contributed by atoms with Gasteiger partial charge in [-0.2, -0.15) is 5.12 Å². The molecule has 0 unspecified atom stereocenters. The molecule has 0 aliphatic heterocycles. The van der Waals surface area contributed by atoms with Crippen LogP contribution in [-0.2, 0) is 0 Å². The number of rotatable bonds is 2. The topological polar surface area (TPSA) is 9.72 Å². The van der Waals surface area contributed by atoms with Gasteiger partial charge in [-0.05, 0) is 7.05 Å². The molecular weight excluding hydrogens is 101 g/mol. The molecule has 0 heterocycles. The third-order valence-electron chi connectivity index (χ3n) is 1.04. The number of nitrogens with zero attached hydrogens (tertiary/aromatic N) is 3. The highest BCUT2D eigenvalue weighted by molar-refractivity contribution is 6.03. The van der Waals surface area contributed by atoms with E-state index in [2.05, 4.69) is 0 Å². The average molecular weight is 113 g/mol. The van der Waals surface area contributed by atoms with Crippen LogP contribution < -0.4 is 0 Å². The molecule has 0 aliphatic rings. The minimum absolute atomic E-state index is 1.50. The molecular formula is C4H12BN3. The molecule has 0 atom stereocenters. The Morgan fingerprint density at radius 2 is 1.38 bits per heavy atom. The van der Waals surface area contributed by atoms with Crippen LogP contribution in [0.4, 0.5) is 0 Å². The predicted molar refractivity (Wildman–Crippen MR) is 35.0 cm³/mol. The van der Waals surface area contributed by atoms with E-state index in [1.54, 1.807) is 12.2 Å². The fraction of sp³-hybridized carbons (Fsp3) is 1.00. The lowest BCUT2D eigenvalue weighted by atomic mass is 10.4. The monoisotopic (exact) mass is 113 g/mol. The van der Waals surface area contributed by atoms with Gasteiger partial charge in [0.1, 0.15) is 0 Å². The lowest BCUT2D eigenvalue weighted by Gasteiger charge is -2.30. The summed E-state index contributed by atoms with van der Waals surface area (Å²) in [4.78, 5) is 1.50. The molecule has 0 rings (SSSR count). The van der Waals surface area contributed by atoms with Crippen molar-refractivity contribution in [2.75, 3.05) is 28.2 Å². The molecule has 0 aromatic carbocycles. The minimum Gasteiger partial charge on any atom is -0.285 e. The first-order chi connectivity index (χ1) is 3.55. The highest BCUT2D eigenvalue weighted by Crippen LogP contribution is 1.84. The van der Waals surface area contributed by atoms with Crippen LogP contribution in [0.3, 0.4) is 0 Å². The molecule has 0 bridgehead atoms. The Bertz CT molecular complexity index is 56.3. The molecule has 8 heavy (non-hydrogen) atoms. The van der Waals surface area contributed by atoms with Crippen LogP contribution in [-0.4, -0.2) is 51.2 Å². The van der Waals surface area contributed by atoms with Gasteiger partial charge in [0.05, 0.1) is 0 Å². The summed E-state index contributed by atoms with van der Waals surface area (Å²) in [6.07, 6.45) is 0. The van der Waals surface area contributed by atoms with Gasteiger partial charge in [-0.3, -0.25) is 4.92 Å². The Balaban J connectivity index is 3.46. The van der Waals surface area contributed by atoms with Crippen LogP contribution in [0.2, 0.25) is 0 Å². The summed E-state index contributed by atoms with van der Waals surface area (Å²) >= 11 is 0. The second kappa shape index (κ2) is 3.07. The average Bonchev–Trinajstić information content (AvgIpc) is 1.64. The van der Waals surface area contributed by atoms with Gasteiger partial charge in [-0.1, -0.05) is 0 Å². The summed E-state index contributed by atoms with van der Waals surface area (Å²) in [5.41, 5.74) is 0. The van der Waals surface area contributed by atoms with Crippen LogP contribution >= 0.6 is 0 Å². The molecule has 0 aromatic heterocycles. The summed E-state index contributed by atoms with van der Waals surface area (Å²) in [5, 5.41) is 3.65. The van der Waals surface area contributed by atoms with Gasteiger partial charge in [0.15, 0.2) is 0 Å². The van der Waals surface area contributed by atoms with Crippen molar-refractivity contribution in [1.82, 2.24) is 15.0 Å². The molecule has 0 aliphatic carbocycles. The Morgan fingerprint density at radius 3 is 1.38 bits per heavy atom. The second-order valence-corrected chi connectivity index (χ2v) is 1.91. The van der Waals surface area contributed by atoms with E-state index in [0.717, 1.165) is 0 Å². The highest BCUT2D eigenvalue weighted by atomic mass is 15.8. The maximum absolute atomic E-state index is 5.35. The van der Waals surface area contributed by atoms with Gasteiger partial charge >= 0.3 is 0 Å². The van der Waals surface area contributed by atoms with Gasteiger partial charge in [-0.15, -0.1) is 0 Å². The Hall–Kier alpha value is -0.0551. The summed E-state index contributed by atoms with van der Waals surface area (Å²) in [5.74, 6) is 0. The van der Waals surface area contributed by atoms with Crippen molar-refractivity contribution in [2.24, 2.45) is 0 Å². The smallest absolute Gasteiger partial charge is 0.208 e. The van der Waals surface area contributed by atoms with Crippen molar-refractivity contribution in [1.29, 1.82) is 0 Å². The molecule has 46 valence electrons. The van der Waals surface area contributed by atoms with E-state index in [-0.39, 0.29) is 0 Å². The van der Waals surface area contributed by atoms with Gasteiger partial charge in [0, 0.05) is 21.1 Å². The molecule has 4 heteroatoms. The predicted octanol–water partition coefficient (Wildman–Crippen LogP) is -0.675. The van der Waals surface area contributed by atoms with Crippen molar-refractivity contribution in [2.45, 2.75) is 0 Å². The normalized spacial score (nSPS) is 11.9. The first-order valence-corrected chi connectivity index (χ1v) is 2.45. The van der Waals surface area contributed by atoms with Gasteiger partial charge < -0.3 is 0 Å². The molecule has 0 fully saturated rings. The number of hydrogen-bond donors (Lipinski definition) is 0. The van der Waals surface area contributed by atoms with Gasteiger partial charge in [0.25, 0.3) is 0 Å². The first-order valence-electron chi connectivity index (χ1n) is 2.45. The Morgan fingerprint density at radius 1 is 1.00 bits per heavy atom. The number of hydrogen-bond acceptors (Lipinski definition) is 3. The van der Waals surface area contributed by atoms with Crippen molar-refractivity contribution in [3.8, 4) is 0 Å². The Labute approximate surface area is 52.2 Å². The maximum Gasteiger partial charge on any atom is 0.208 e. The van der Waals surface area contributed by atoms with Crippen molar-refractivity contribution >= 4 is 7.98 Å². The fourth-order valence-corrected chi connectivity index (χ4v) is 0.282. The van der Waals surface area contributed by atoms with E-state index < -0.39 is 0 Å². The van der Waals surface area contributed by atoms with Crippen LogP contribution in [0, 0.1) is 0 Å². The third-order valence-corrected chi connectivity index (χ3v) is 1.04. The van der Waals surface area contributed by atoms with Crippen LogP contribution in [0.1, 0.15) is 0 Å². The molecule has 2 radical (unpaired) electrons. The summed E-state index contributed by atoms with van der Waals surface area (Å²) in [7, 11) is 12.8. The standard InChI is InChI=1S/C4H12BN3/c1-6(2)8(4)7(3)5/h1-4H3. The summed E-state index contributed by atoms with van der Waals surface area (Å²) in [6, 6.07) is 0. The molecule has 0 saturated heterocycles. The number of hydrazine groups is 2. The lowest BCUT2D eigenvalue weighted by molar-refractivity contribution is -0.0694. The van der Waals surface area contributed by atoms with Crippen molar-refractivity contribution < 1.29 is 0 Å². The first kappa shape index (κ1) is 7.94. The maximum atomic E-state index is 5.35. The van der Waals surface area contributed by atoms with E-state index in [1.807, 2.05) is 26.2 Å². The quantitative estimate of drug-likeness (QED) is 0.347. The fourth-order valence-electron chi connectivity index (χ4n) is 0.282. The van der Waals surface area contributed by atoms with Crippen LogP contribution in [0.15, 0.2) is 0 Å². The highest BCUT2D eigenvalue weighted by Gasteiger charge is 1.98. The minimum atomic E-state index is 1.50. The Kier molecular flexibility index (Phi) is 3.05. The third kappa shape index (κ3) is 2.30. The van der Waals surface area contributed by atoms with Gasteiger partial charge in [-0.25, -0.2) is 5.01 Å². The molecule has 0 saturated carbocycles. The zero-order chi connectivity index (χ0) is 6.73. The van der Waals surface area contributed by atoms with Gasteiger partial charge in [0.2, 0.25) is 7.98 Å². The van der Waals surface area contributed by atoms with E-state index in [1.165, 1.54) is 4.92 Å². The summed E-state index contributed by atoms with van der Waals surface area (Å²) < 4.78 is 0. The van der Waals surface area contributed by atoms with E-state index >= 15 is 0 Å². The van der Waals surface area contributed by atoms with Crippen molar-refractivity contribution in [3.63, 3.8) is 0 Å². The molecule has 3 nitrogen and oxygen atoms in total. The zero-order valence-electron chi connectivity index (χ0n) is 5.92. The van der Waals surface area contributed by atoms with E-state index in [0.29, 0.717) is 0 Å². The molecule has 0 N–H and O–H groups in total. The van der Waals surface area contributed by atoms with Crippen LogP contribution in [0.25, 0.3) is 0 Å². The molecule has 0 amide bonds. The molecule has 0 spiro atoms. The molecule has 0 aromatic rings. The van der Waals surface area contributed by atoms with Crippen LogP contribution in [0.5, 0.6) is 0 Å². The SMILES string of the molecule is [B]N(C)N(C)N(C)C. The van der Waals surface area contributed by atoms with E-state index in [4.69, 9.17) is 7.98 Å². The van der Waals surface area contributed by atoms with E-state index in [9.17, 15) is 0 Å². The van der Waals surface area contributed by atoms with Crippen molar-refractivity contribution in [3.05, 3.63) is 0 Å². The summed E-state index contributed by atoms with van der Waals surface area (Å²) in [6.45, 7) is 0. The largest absolute Gasteiger partial charge is 0.285 e.